The first-order valence-corrected chi connectivity index (χ1v) is 12.9. The SMILES string of the molecule is CC(C)Oc1ccc(C(C)(C)O)cc1-c1cn(C)c(=O)c2[nH]c(C(=O)NCCCCCCC(=O)NO)cc12. The third kappa shape index (κ3) is 7.02. The zero-order valence-corrected chi connectivity index (χ0v) is 22.7. The molecule has 0 aliphatic heterocycles. The number of hydrogen-bond acceptors (Lipinski definition) is 6. The number of nitrogens with zero attached hydrogens (tertiary/aromatic N) is 1. The maximum atomic E-state index is 13.0. The van der Waals surface area contributed by atoms with Crippen LogP contribution < -0.4 is 21.1 Å². The van der Waals surface area contributed by atoms with E-state index < -0.39 is 11.5 Å². The van der Waals surface area contributed by atoms with Gasteiger partial charge in [0, 0.05) is 42.7 Å². The number of amides is 2. The van der Waals surface area contributed by atoms with Crippen molar-refractivity contribution in [3.63, 3.8) is 0 Å². The summed E-state index contributed by atoms with van der Waals surface area (Å²) in [7, 11) is 1.65. The van der Waals surface area contributed by atoms with Crippen LogP contribution in [0.15, 0.2) is 35.3 Å². The molecule has 0 radical (unpaired) electrons. The number of hydroxylamine groups is 1. The van der Waals surface area contributed by atoms with Gasteiger partial charge in [0.2, 0.25) is 5.91 Å². The molecule has 0 bridgehead atoms. The molecule has 1 aromatic carbocycles. The van der Waals surface area contributed by atoms with E-state index in [0.717, 1.165) is 19.3 Å². The maximum Gasteiger partial charge on any atom is 0.274 e. The standard InChI is InChI=1S/C28H38N4O6/c1-17(2)38-23-12-11-18(28(3,4)36)14-19(23)21-16-32(5)27(35)25-20(21)15-22(30-25)26(34)29-13-9-7-6-8-10-24(33)31-37/h11-12,14-17,30,36-37H,6-10,13H2,1-5H3,(H,29,34)(H,31,33). The Morgan fingerprint density at radius 2 is 1.82 bits per heavy atom. The van der Waals surface area contributed by atoms with E-state index in [4.69, 9.17) is 9.94 Å². The monoisotopic (exact) mass is 526 g/mol. The van der Waals surface area contributed by atoms with Gasteiger partial charge in [0.05, 0.1) is 11.7 Å². The highest BCUT2D eigenvalue weighted by Crippen LogP contribution is 2.37. The van der Waals surface area contributed by atoms with Crippen molar-refractivity contribution in [3.05, 3.63) is 52.1 Å². The molecule has 3 aromatic rings. The van der Waals surface area contributed by atoms with Crippen LogP contribution in [0.2, 0.25) is 0 Å². The van der Waals surface area contributed by atoms with Crippen LogP contribution in [0, 0.1) is 0 Å². The third-order valence-electron chi connectivity index (χ3n) is 6.29. The largest absolute Gasteiger partial charge is 0.490 e. The minimum atomic E-state index is -1.08. The Labute approximate surface area is 222 Å². The number of unbranched alkanes of at least 4 members (excludes halogenated alkanes) is 3. The van der Waals surface area contributed by atoms with E-state index in [1.165, 1.54) is 4.57 Å². The number of aromatic nitrogens is 2. The van der Waals surface area contributed by atoms with Gasteiger partial charge in [0.25, 0.3) is 11.5 Å². The maximum absolute atomic E-state index is 13.0. The summed E-state index contributed by atoms with van der Waals surface area (Å²) < 4.78 is 7.52. The van der Waals surface area contributed by atoms with Crippen LogP contribution in [0.5, 0.6) is 5.75 Å². The van der Waals surface area contributed by atoms with Gasteiger partial charge in [0.15, 0.2) is 0 Å². The smallest absolute Gasteiger partial charge is 0.274 e. The number of aromatic amines is 1. The van der Waals surface area contributed by atoms with Crippen LogP contribution in [0.4, 0.5) is 0 Å². The Kier molecular flexibility index (Phi) is 9.35. The third-order valence-corrected chi connectivity index (χ3v) is 6.29. The fraction of sp³-hybridized carbons (Fsp3) is 0.464. The van der Waals surface area contributed by atoms with Crippen molar-refractivity contribution in [3.8, 4) is 16.9 Å². The molecule has 2 heterocycles. The summed E-state index contributed by atoms with van der Waals surface area (Å²) >= 11 is 0. The lowest BCUT2D eigenvalue weighted by atomic mass is 9.93. The average molecular weight is 527 g/mol. The lowest BCUT2D eigenvalue weighted by Crippen LogP contribution is -2.25. The van der Waals surface area contributed by atoms with E-state index in [9.17, 15) is 19.5 Å². The van der Waals surface area contributed by atoms with Gasteiger partial charge in [-0.1, -0.05) is 18.9 Å². The fourth-order valence-corrected chi connectivity index (χ4v) is 4.27. The molecule has 206 valence electrons. The van der Waals surface area contributed by atoms with Gasteiger partial charge < -0.3 is 24.7 Å². The summed E-state index contributed by atoms with van der Waals surface area (Å²) in [5.74, 6) is -0.119. The molecule has 0 saturated heterocycles. The van der Waals surface area contributed by atoms with Gasteiger partial charge in [0.1, 0.15) is 17.0 Å². The van der Waals surface area contributed by atoms with E-state index >= 15 is 0 Å². The first kappa shape index (κ1) is 28.9. The minimum absolute atomic E-state index is 0.0934. The van der Waals surface area contributed by atoms with Crippen LogP contribution in [0.1, 0.15) is 75.9 Å². The molecule has 0 atom stereocenters. The number of fused-ring (bicyclic) bond motifs is 1. The second-order valence-electron chi connectivity index (χ2n) is 10.3. The fourth-order valence-electron chi connectivity index (χ4n) is 4.27. The first-order valence-electron chi connectivity index (χ1n) is 12.9. The van der Waals surface area contributed by atoms with Crippen molar-refractivity contribution in [1.82, 2.24) is 20.3 Å². The minimum Gasteiger partial charge on any atom is -0.490 e. The molecule has 0 fully saturated rings. The Bertz CT molecular complexity index is 1350. The van der Waals surface area contributed by atoms with Crippen molar-refractivity contribution in [1.29, 1.82) is 0 Å². The highest BCUT2D eigenvalue weighted by molar-refractivity contribution is 6.03. The van der Waals surface area contributed by atoms with Crippen molar-refractivity contribution in [2.45, 2.75) is 71.5 Å². The summed E-state index contributed by atoms with van der Waals surface area (Å²) in [6.45, 7) is 7.71. The molecule has 0 aliphatic carbocycles. The molecule has 0 aliphatic rings. The van der Waals surface area contributed by atoms with E-state index in [2.05, 4.69) is 10.3 Å². The molecular weight excluding hydrogens is 488 g/mol. The lowest BCUT2D eigenvalue weighted by Gasteiger charge is -2.22. The van der Waals surface area contributed by atoms with E-state index in [1.807, 2.05) is 32.0 Å². The topological polar surface area (TPSA) is 146 Å². The molecule has 2 amide bonds. The molecule has 3 rings (SSSR count). The number of aryl methyl sites for hydroxylation is 1. The van der Waals surface area contributed by atoms with Gasteiger partial charge >= 0.3 is 0 Å². The Morgan fingerprint density at radius 1 is 1.11 bits per heavy atom. The predicted molar refractivity (Wildman–Crippen MR) is 145 cm³/mol. The number of carbonyl (C=O) groups excluding carboxylic acids is 2. The Hall–Kier alpha value is -3.63. The van der Waals surface area contributed by atoms with Crippen LogP contribution in [-0.4, -0.2) is 44.3 Å². The summed E-state index contributed by atoms with van der Waals surface area (Å²) in [4.78, 5) is 39.9. The number of ether oxygens (including phenoxy) is 1. The number of benzene rings is 1. The molecule has 0 unspecified atom stereocenters. The molecule has 5 N–H and O–H groups in total. The second kappa shape index (κ2) is 12.3. The van der Waals surface area contributed by atoms with E-state index in [1.54, 1.807) is 38.6 Å². The summed E-state index contributed by atoms with van der Waals surface area (Å²) in [6.07, 6.45) is 4.91. The normalized spacial score (nSPS) is 11.7. The van der Waals surface area contributed by atoms with Crippen LogP contribution in [0.25, 0.3) is 22.0 Å². The van der Waals surface area contributed by atoms with E-state index in [-0.39, 0.29) is 29.7 Å². The van der Waals surface area contributed by atoms with Crippen LogP contribution in [-0.2, 0) is 17.4 Å². The van der Waals surface area contributed by atoms with Crippen molar-refractivity contribution >= 4 is 22.7 Å². The highest BCUT2D eigenvalue weighted by Gasteiger charge is 2.22. The highest BCUT2D eigenvalue weighted by atomic mass is 16.5. The van der Waals surface area contributed by atoms with Gasteiger partial charge in [-0.15, -0.1) is 0 Å². The molecule has 2 aromatic heterocycles. The van der Waals surface area contributed by atoms with Crippen LogP contribution in [0.3, 0.4) is 0 Å². The Balaban J connectivity index is 1.88. The van der Waals surface area contributed by atoms with Crippen molar-refractivity contribution in [2.24, 2.45) is 7.05 Å². The summed E-state index contributed by atoms with van der Waals surface area (Å²) in [6, 6.07) is 7.16. The Morgan fingerprint density at radius 3 is 2.47 bits per heavy atom. The molecule has 10 heteroatoms. The molecule has 38 heavy (non-hydrogen) atoms. The van der Waals surface area contributed by atoms with Gasteiger partial charge in [-0.2, -0.15) is 0 Å². The zero-order valence-electron chi connectivity index (χ0n) is 22.7. The van der Waals surface area contributed by atoms with Gasteiger partial charge in [-0.25, -0.2) is 5.48 Å². The first-order chi connectivity index (χ1) is 17.9. The number of nitrogens with one attached hydrogen (secondary N) is 3. The summed E-state index contributed by atoms with van der Waals surface area (Å²) in [5, 5.41) is 22.6. The van der Waals surface area contributed by atoms with Crippen molar-refractivity contribution < 1.29 is 24.6 Å². The molecular formula is C28H38N4O6. The number of carbonyl (C=O) groups is 2. The molecule has 10 nitrogen and oxygen atoms in total. The van der Waals surface area contributed by atoms with Crippen LogP contribution >= 0.6 is 0 Å². The number of rotatable bonds is 12. The lowest BCUT2D eigenvalue weighted by molar-refractivity contribution is -0.129. The zero-order chi connectivity index (χ0) is 28.0. The predicted octanol–water partition coefficient (Wildman–Crippen LogP) is 3.73. The number of hydrogen-bond donors (Lipinski definition) is 5. The average Bonchev–Trinajstić information content (AvgIpc) is 3.30. The quantitative estimate of drug-likeness (QED) is 0.138. The number of pyridine rings is 1. The number of aliphatic hydroxyl groups is 1. The van der Waals surface area contributed by atoms with E-state index in [0.29, 0.717) is 46.3 Å². The summed E-state index contributed by atoms with van der Waals surface area (Å²) in [5.41, 5.74) is 2.94. The van der Waals surface area contributed by atoms with Crippen molar-refractivity contribution in [2.75, 3.05) is 6.54 Å². The van der Waals surface area contributed by atoms with Gasteiger partial charge in [-0.05, 0) is 64.3 Å². The molecule has 0 saturated carbocycles. The second-order valence-corrected chi connectivity index (χ2v) is 10.3. The van der Waals surface area contributed by atoms with Gasteiger partial charge in [-0.3, -0.25) is 19.6 Å². The number of H-pyrrole nitrogens is 1. The molecule has 0 spiro atoms.